The van der Waals surface area contributed by atoms with E-state index in [1.807, 2.05) is 27.5 Å². The fraction of sp³-hybridized carbons (Fsp3) is 0.474. The van der Waals surface area contributed by atoms with Crippen molar-refractivity contribution in [2.75, 3.05) is 18.4 Å². The van der Waals surface area contributed by atoms with E-state index in [4.69, 9.17) is 17.0 Å². The molecule has 0 aliphatic carbocycles. The van der Waals surface area contributed by atoms with Crippen LogP contribution in [0.15, 0.2) is 22.9 Å². The zero-order valence-electron chi connectivity index (χ0n) is 16.8. The van der Waals surface area contributed by atoms with Gasteiger partial charge >= 0.3 is 0 Å². The molecule has 2 N–H and O–H groups in total. The number of nitrogens with one attached hydrogen (secondary N) is 2. The highest BCUT2D eigenvalue weighted by atomic mass is 32.1. The standard InChI is InChI=1S/C19H24N6O2S3/c1-12-8-24(9-13(2)27-12)10-14-11-30-18(20-14)21-16(26)5-6-25-17(22-23-19(25)28)15-4-3-7-29-15/h3-4,7,11-13H,5-6,8-10H2,1-2H3,(H,23,28)(H,20,21,26). The highest BCUT2D eigenvalue weighted by Crippen LogP contribution is 2.23. The third kappa shape index (κ3) is 5.22. The molecule has 1 fully saturated rings. The predicted molar refractivity (Wildman–Crippen MR) is 121 cm³/mol. The van der Waals surface area contributed by atoms with E-state index in [2.05, 4.69) is 39.2 Å². The third-order valence-electron chi connectivity index (χ3n) is 4.74. The summed E-state index contributed by atoms with van der Waals surface area (Å²) < 4.78 is 8.14. The second kappa shape index (κ2) is 9.48. The van der Waals surface area contributed by atoms with Crippen LogP contribution in [0.4, 0.5) is 5.13 Å². The lowest BCUT2D eigenvalue weighted by Crippen LogP contribution is -2.44. The van der Waals surface area contributed by atoms with Crippen LogP contribution in [0.25, 0.3) is 10.7 Å². The maximum atomic E-state index is 12.5. The molecule has 2 unspecified atom stereocenters. The van der Waals surface area contributed by atoms with Crippen molar-refractivity contribution in [2.45, 2.75) is 45.6 Å². The highest BCUT2D eigenvalue weighted by molar-refractivity contribution is 7.71. The van der Waals surface area contributed by atoms with Gasteiger partial charge in [0, 0.05) is 38.0 Å². The van der Waals surface area contributed by atoms with Gasteiger partial charge in [-0.25, -0.2) is 4.98 Å². The van der Waals surface area contributed by atoms with Crippen molar-refractivity contribution in [2.24, 2.45) is 0 Å². The molecule has 0 bridgehead atoms. The van der Waals surface area contributed by atoms with Crippen LogP contribution in [0.1, 0.15) is 26.0 Å². The summed E-state index contributed by atoms with van der Waals surface area (Å²) in [7, 11) is 0. The molecule has 2 atom stereocenters. The summed E-state index contributed by atoms with van der Waals surface area (Å²) in [4.78, 5) is 20.4. The van der Waals surface area contributed by atoms with Crippen molar-refractivity contribution in [3.63, 3.8) is 0 Å². The van der Waals surface area contributed by atoms with E-state index in [-0.39, 0.29) is 18.1 Å². The minimum Gasteiger partial charge on any atom is -0.373 e. The Morgan fingerprint density at radius 1 is 1.37 bits per heavy atom. The third-order valence-corrected chi connectivity index (χ3v) is 6.73. The van der Waals surface area contributed by atoms with Crippen LogP contribution in [0, 0.1) is 4.77 Å². The summed E-state index contributed by atoms with van der Waals surface area (Å²) in [5, 5.41) is 14.6. The van der Waals surface area contributed by atoms with Gasteiger partial charge in [-0.1, -0.05) is 6.07 Å². The largest absolute Gasteiger partial charge is 0.373 e. The zero-order valence-corrected chi connectivity index (χ0v) is 19.3. The molecule has 30 heavy (non-hydrogen) atoms. The minimum absolute atomic E-state index is 0.0928. The fourth-order valence-electron chi connectivity index (χ4n) is 3.59. The average Bonchev–Trinajstić information content (AvgIpc) is 3.41. The van der Waals surface area contributed by atoms with Gasteiger partial charge in [-0.3, -0.25) is 19.4 Å². The molecule has 4 rings (SSSR count). The summed E-state index contributed by atoms with van der Waals surface area (Å²) in [5.74, 6) is 0.665. The Morgan fingerprint density at radius 3 is 2.90 bits per heavy atom. The molecule has 1 aliphatic rings. The van der Waals surface area contributed by atoms with Crippen LogP contribution in [0.3, 0.4) is 0 Å². The maximum Gasteiger partial charge on any atom is 0.227 e. The number of aromatic amines is 1. The molecule has 160 valence electrons. The van der Waals surface area contributed by atoms with Gasteiger partial charge in [-0.05, 0) is 37.5 Å². The molecule has 0 radical (unpaired) electrons. The lowest BCUT2D eigenvalue weighted by molar-refractivity contribution is -0.116. The predicted octanol–water partition coefficient (Wildman–Crippen LogP) is 3.76. The highest BCUT2D eigenvalue weighted by Gasteiger charge is 2.23. The first kappa shape index (κ1) is 21.3. The normalized spacial score (nSPS) is 19.8. The monoisotopic (exact) mass is 464 g/mol. The number of amides is 1. The van der Waals surface area contributed by atoms with Crippen molar-refractivity contribution in [1.82, 2.24) is 24.6 Å². The Balaban J connectivity index is 1.31. The minimum atomic E-state index is -0.0928. The molecule has 3 aromatic heterocycles. The lowest BCUT2D eigenvalue weighted by Gasteiger charge is -2.34. The summed E-state index contributed by atoms with van der Waals surface area (Å²) >= 11 is 8.36. The number of H-pyrrole nitrogens is 1. The maximum absolute atomic E-state index is 12.5. The number of rotatable bonds is 7. The molecule has 11 heteroatoms. The van der Waals surface area contributed by atoms with E-state index >= 15 is 0 Å². The van der Waals surface area contributed by atoms with Gasteiger partial charge in [0.2, 0.25) is 5.91 Å². The van der Waals surface area contributed by atoms with Crippen molar-refractivity contribution in [1.29, 1.82) is 0 Å². The number of thiazole rings is 1. The average molecular weight is 465 g/mol. The summed E-state index contributed by atoms with van der Waals surface area (Å²) in [6.45, 7) is 7.18. The van der Waals surface area contributed by atoms with Crippen LogP contribution in [0.2, 0.25) is 0 Å². The number of nitrogens with zero attached hydrogens (tertiary/aromatic N) is 4. The van der Waals surface area contributed by atoms with E-state index in [0.29, 0.717) is 22.9 Å². The van der Waals surface area contributed by atoms with E-state index in [9.17, 15) is 4.79 Å². The van der Waals surface area contributed by atoms with E-state index in [1.54, 1.807) is 11.3 Å². The summed E-state index contributed by atoms with van der Waals surface area (Å²) in [6.07, 6.45) is 0.736. The summed E-state index contributed by atoms with van der Waals surface area (Å²) in [5.41, 5.74) is 0.966. The fourth-order valence-corrected chi connectivity index (χ4v) is 5.26. The topological polar surface area (TPSA) is 88.1 Å². The van der Waals surface area contributed by atoms with Crippen LogP contribution >= 0.6 is 34.9 Å². The van der Waals surface area contributed by atoms with Crippen LogP contribution in [-0.2, 0) is 22.6 Å². The molecule has 1 aliphatic heterocycles. The first-order chi connectivity index (χ1) is 14.5. The molecule has 0 aromatic carbocycles. The van der Waals surface area contributed by atoms with E-state index in [0.717, 1.165) is 36.0 Å². The van der Waals surface area contributed by atoms with Gasteiger partial charge in [0.05, 0.1) is 22.8 Å². The number of morpholine rings is 1. The molecule has 0 saturated carbocycles. The number of ether oxygens (including phenoxy) is 1. The molecule has 8 nitrogen and oxygen atoms in total. The number of carbonyl (C=O) groups is 1. The number of hydrogen-bond acceptors (Lipinski definition) is 8. The number of thiophene rings is 1. The molecule has 3 aromatic rings. The van der Waals surface area contributed by atoms with Crippen molar-refractivity contribution >= 4 is 45.9 Å². The molecule has 4 heterocycles. The van der Waals surface area contributed by atoms with Crippen LogP contribution < -0.4 is 5.32 Å². The van der Waals surface area contributed by atoms with Gasteiger partial charge < -0.3 is 10.1 Å². The van der Waals surface area contributed by atoms with Crippen molar-refractivity contribution in [3.05, 3.63) is 33.4 Å². The number of hydrogen-bond donors (Lipinski definition) is 2. The van der Waals surface area contributed by atoms with Gasteiger partial charge in [-0.2, -0.15) is 5.10 Å². The number of anilines is 1. The van der Waals surface area contributed by atoms with Crippen molar-refractivity contribution < 1.29 is 9.53 Å². The van der Waals surface area contributed by atoms with E-state index < -0.39 is 0 Å². The first-order valence-corrected chi connectivity index (χ1v) is 12.0. The number of carbonyl (C=O) groups excluding carboxylic acids is 1. The van der Waals surface area contributed by atoms with Crippen LogP contribution in [-0.4, -0.2) is 55.9 Å². The molecular weight excluding hydrogens is 440 g/mol. The molecule has 1 amide bonds. The SMILES string of the molecule is CC1CN(Cc2csc(NC(=O)CCn3c(-c4cccs4)n[nH]c3=S)n2)CC(C)O1. The molecule has 0 spiro atoms. The quantitative estimate of drug-likeness (QED) is 0.518. The van der Waals surface area contributed by atoms with Crippen LogP contribution in [0.5, 0.6) is 0 Å². The second-order valence-corrected chi connectivity index (χ2v) is 9.57. The van der Waals surface area contributed by atoms with Gasteiger partial charge in [0.15, 0.2) is 15.7 Å². The first-order valence-electron chi connectivity index (χ1n) is 9.79. The van der Waals surface area contributed by atoms with Crippen molar-refractivity contribution in [3.8, 4) is 10.7 Å². The summed E-state index contributed by atoms with van der Waals surface area (Å²) in [6, 6.07) is 3.95. The smallest absolute Gasteiger partial charge is 0.227 e. The Labute approximate surface area is 187 Å². The Bertz CT molecular complexity index is 1030. The Hall–Kier alpha value is -1.92. The lowest BCUT2D eigenvalue weighted by atomic mass is 10.2. The van der Waals surface area contributed by atoms with Gasteiger partial charge in [0.1, 0.15) is 0 Å². The Kier molecular flexibility index (Phi) is 6.74. The van der Waals surface area contributed by atoms with Gasteiger partial charge in [0.25, 0.3) is 0 Å². The second-order valence-electron chi connectivity index (χ2n) is 7.37. The molecular formula is C19H24N6O2S3. The van der Waals surface area contributed by atoms with E-state index in [1.165, 1.54) is 11.3 Å². The number of aromatic nitrogens is 4. The Morgan fingerprint density at radius 2 is 2.17 bits per heavy atom. The van der Waals surface area contributed by atoms with Gasteiger partial charge in [-0.15, -0.1) is 22.7 Å². The zero-order chi connectivity index (χ0) is 21.1. The molecule has 1 saturated heterocycles.